The van der Waals surface area contributed by atoms with Crippen molar-refractivity contribution in [3.05, 3.63) is 0 Å². The maximum atomic E-state index is 10.5. The summed E-state index contributed by atoms with van der Waals surface area (Å²) >= 11 is 9.20. The molecule has 0 aromatic heterocycles. The van der Waals surface area contributed by atoms with Crippen LogP contribution in [0.15, 0.2) is 4.40 Å². The predicted octanol–water partition coefficient (Wildman–Crippen LogP) is 0.658. The molecule has 0 N–H and O–H groups in total. The second-order valence-electron chi connectivity index (χ2n) is 1.16. The average Bonchev–Trinajstić information content (AvgIpc) is 1.64. The molecule has 0 radical (unpaired) electrons. The number of hydrogen-bond donors (Lipinski definition) is 0. The summed E-state index contributed by atoms with van der Waals surface area (Å²) in [7, 11) is -3.40. The van der Waals surface area contributed by atoms with Gasteiger partial charge in [0.2, 0.25) is 0 Å². The van der Waals surface area contributed by atoms with Crippen LogP contribution in [0.2, 0.25) is 0 Å². The van der Waals surface area contributed by atoms with E-state index in [1.807, 2.05) is 0 Å². The molecule has 0 aromatic rings. The molecule has 0 aromatic carbocycles. The number of halogens is 1. The zero-order valence-electron chi connectivity index (χ0n) is 4.37. The average molecular weight is 186 g/mol. The fraction of sp³-hybridized carbons (Fsp3) is 0.667. The minimum Gasteiger partial charge on any atom is -0.204 e. The highest BCUT2D eigenvalue weighted by Crippen LogP contribution is 1.90. The van der Waals surface area contributed by atoms with Gasteiger partial charge in [-0.2, -0.15) is 0 Å². The molecule has 3 nitrogen and oxygen atoms in total. The van der Waals surface area contributed by atoms with Crippen LogP contribution in [0.3, 0.4) is 0 Å². The number of isothiocyanates is 1. The van der Waals surface area contributed by atoms with Gasteiger partial charge in [-0.1, -0.05) is 0 Å². The molecule has 0 atom stereocenters. The standard InChI is InChI=1S/C3H4ClNO2S2/c4-1-2-9(6,7)5-3-8/h1-2H2. The molecule has 0 saturated heterocycles. The van der Waals surface area contributed by atoms with Crippen molar-refractivity contribution >= 4 is 39.0 Å². The third-order valence-corrected chi connectivity index (χ3v) is 2.22. The van der Waals surface area contributed by atoms with Gasteiger partial charge >= 0.3 is 0 Å². The van der Waals surface area contributed by atoms with Crippen LogP contribution in [0, 0.1) is 0 Å². The number of hydrogen-bond acceptors (Lipinski definition) is 3. The molecular formula is C3H4ClNO2S2. The first-order chi connectivity index (χ1) is 4.12. The SMILES string of the molecule is O=S(=O)(CCCl)N=C=S. The van der Waals surface area contributed by atoms with Gasteiger partial charge in [0, 0.05) is 5.88 Å². The lowest BCUT2D eigenvalue weighted by Gasteiger charge is -1.86. The quantitative estimate of drug-likeness (QED) is 0.369. The maximum Gasteiger partial charge on any atom is 0.262 e. The number of sulfonamides is 1. The van der Waals surface area contributed by atoms with Crippen molar-refractivity contribution < 1.29 is 8.42 Å². The van der Waals surface area contributed by atoms with Crippen molar-refractivity contribution in [2.75, 3.05) is 11.6 Å². The molecule has 0 unspecified atom stereocenters. The second-order valence-corrected chi connectivity index (χ2v) is 3.47. The van der Waals surface area contributed by atoms with E-state index in [-0.39, 0.29) is 11.6 Å². The highest BCUT2D eigenvalue weighted by Gasteiger charge is 2.03. The Kier molecular flexibility index (Phi) is 3.97. The van der Waals surface area contributed by atoms with Crippen LogP contribution in [-0.2, 0) is 10.0 Å². The molecule has 0 aliphatic heterocycles. The highest BCUT2D eigenvalue weighted by molar-refractivity contribution is 7.91. The zero-order valence-corrected chi connectivity index (χ0v) is 6.76. The van der Waals surface area contributed by atoms with Gasteiger partial charge < -0.3 is 0 Å². The lowest BCUT2D eigenvalue weighted by atomic mass is 11.0. The summed E-state index contributed by atoms with van der Waals surface area (Å²) in [6.45, 7) is 0. The molecule has 0 bridgehead atoms. The van der Waals surface area contributed by atoms with Gasteiger partial charge in [-0.25, -0.2) is 8.42 Å². The summed E-state index contributed by atoms with van der Waals surface area (Å²) in [5, 5.41) is 1.75. The van der Waals surface area contributed by atoms with E-state index >= 15 is 0 Å². The largest absolute Gasteiger partial charge is 0.262 e. The van der Waals surface area contributed by atoms with Crippen LogP contribution in [0.4, 0.5) is 0 Å². The summed E-state index contributed by atoms with van der Waals surface area (Å²) < 4.78 is 23.8. The van der Waals surface area contributed by atoms with E-state index in [1.165, 1.54) is 0 Å². The van der Waals surface area contributed by atoms with Crippen LogP contribution in [0.25, 0.3) is 0 Å². The van der Waals surface area contributed by atoms with Gasteiger partial charge in [-0.15, -0.1) is 16.0 Å². The minimum absolute atomic E-state index is 0.0306. The molecule has 0 saturated carbocycles. The van der Waals surface area contributed by atoms with Gasteiger partial charge in [-0.3, -0.25) is 0 Å². The van der Waals surface area contributed by atoms with Crippen molar-refractivity contribution in [1.29, 1.82) is 0 Å². The van der Waals surface area contributed by atoms with E-state index in [9.17, 15) is 8.42 Å². The van der Waals surface area contributed by atoms with Gasteiger partial charge in [-0.05, 0) is 12.2 Å². The maximum absolute atomic E-state index is 10.5. The Balaban J connectivity index is 4.22. The molecule has 0 rings (SSSR count). The molecule has 0 aliphatic rings. The van der Waals surface area contributed by atoms with Crippen LogP contribution in [-0.4, -0.2) is 25.2 Å². The lowest BCUT2D eigenvalue weighted by molar-refractivity contribution is 0.599. The van der Waals surface area contributed by atoms with E-state index in [1.54, 1.807) is 5.16 Å². The first-order valence-corrected chi connectivity index (χ1v) is 4.55. The minimum atomic E-state index is -3.40. The Labute approximate surface area is 63.8 Å². The Morgan fingerprint density at radius 3 is 2.56 bits per heavy atom. The highest BCUT2D eigenvalue weighted by atomic mass is 35.5. The van der Waals surface area contributed by atoms with E-state index in [4.69, 9.17) is 11.6 Å². The molecule has 9 heavy (non-hydrogen) atoms. The smallest absolute Gasteiger partial charge is 0.204 e. The topological polar surface area (TPSA) is 46.5 Å². The van der Waals surface area contributed by atoms with Crippen molar-refractivity contribution in [3.63, 3.8) is 0 Å². The molecule has 0 spiro atoms. The van der Waals surface area contributed by atoms with Crippen molar-refractivity contribution in [3.8, 4) is 0 Å². The van der Waals surface area contributed by atoms with E-state index in [0.717, 1.165) is 0 Å². The molecule has 0 aliphatic carbocycles. The second kappa shape index (κ2) is 3.95. The number of alkyl halides is 1. The molecule has 0 fully saturated rings. The van der Waals surface area contributed by atoms with Crippen LogP contribution < -0.4 is 0 Å². The Bertz CT molecular complexity index is 216. The fourth-order valence-electron chi connectivity index (χ4n) is 0.200. The molecule has 6 heteroatoms. The monoisotopic (exact) mass is 185 g/mol. The number of rotatable bonds is 3. The van der Waals surface area contributed by atoms with Gasteiger partial charge in [0.1, 0.15) is 0 Å². The van der Waals surface area contributed by atoms with Crippen LogP contribution in [0.5, 0.6) is 0 Å². The summed E-state index contributed by atoms with van der Waals surface area (Å²) in [4.78, 5) is 0. The Hall–Kier alpha value is 0.0400. The molecular weight excluding hydrogens is 182 g/mol. The number of nitrogens with zero attached hydrogens (tertiary/aromatic N) is 1. The molecule has 0 heterocycles. The van der Waals surface area contributed by atoms with E-state index in [0.29, 0.717) is 0 Å². The summed E-state index contributed by atoms with van der Waals surface area (Å²) in [5.74, 6) is -0.152. The number of thiocarbonyl (C=S) groups is 1. The van der Waals surface area contributed by atoms with E-state index < -0.39 is 10.0 Å². The Morgan fingerprint density at radius 2 is 2.22 bits per heavy atom. The molecule has 52 valence electrons. The third kappa shape index (κ3) is 4.54. The van der Waals surface area contributed by atoms with Gasteiger partial charge in [0.15, 0.2) is 0 Å². The first kappa shape index (κ1) is 9.04. The van der Waals surface area contributed by atoms with Crippen LogP contribution in [0.1, 0.15) is 0 Å². The zero-order chi connectivity index (χ0) is 7.33. The Morgan fingerprint density at radius 1 is 1.67 bits per heavy atom. The van der Waals surface area contributed by atoms with Crippen molar-refractivity contribution in [2.24, 2.45) is 4.40 Å². The third-order valence-electron chi connectivity index (χ3n) is 0.511. The van der Waals surface area contributed by atoms with Crippen molar-refractivity contribution in [2.45, 2.75) is 0 Å². The fourth-order valence-corrected chi connectivity index (χ4v) is 1.53. The first-order valence-electron chi connectivity index (χ1n) is 2.00. The summed E-state index contributed by atoms with van der Waals surface area (Å²) in [6.07, 6.45) is 0. The summed E-state index contributed by atoms with van der Waals surface area (Å²) in [6, 6.07) is 0. The van der Waals surface area contributed by atoms with E-state index in [2.05, 4.69) is 16.6 Å². The summed E-state index contributed by atoms with van der Waals surface area (Å²) in [5.41, 5.74) is 0. The molecule has 0 amide bonds. The van der Waals surface area contributed by atoms with Gasteiger partial charge in [0.25, 0.3) is 10.0 Å². The predicted molar refractivity (Wildman–Crippen MR) is 39.5 cm³/mol. The van der Waals surface area contributed by atoms with Crippen LogP contribution >= 0.6 is 23.8 Å². The lowest BCUT2D eigenvalue weighted by Crippen LogP contribution is -2.02. The normalized spacial score (nSPS) is 10.3. The van der Waals surface area contributed by atoms with Crippen molar-refractivity contribution in [1.82, 2.24) is 0 Å². The van der Waals surface area contributed by atoms with Gasteiger partial charge in [0.05, 0.1) is 10.9 Å².